The molecule has 0 spiro atoms. The number of ether oxygens (including phenoxy) is 1. The van der Waals surface area contributed by atoms with Gasteiger partial charge >= 0.3 is 12.1 Å². The highest BCUT2D eigenvalue weighted by molar-refractivity contribution is 7.13. The molecule has 26 heavy (non-hydrogen) atoms. The Labute approximate surface area is 149 Å². The van der Waals surface area contributed by atoms with Crippen LogP contribution in [0.5, 0.6) is 0 Å². The van der Waals surface area contributed by atoms with Crippen LogP contribution in [0.2, 0.25) is 0 Å². The van der Waals surface area contributed by atoms with Crippen LogP contribution in [0.1, 0.15) is 21.7 Å². The molecule has 9 heteroatoms. The molecule has 0 atom stereocenters. The van der Waals surface area contributed by atoms with E-state index in [1.807, 2.05) is 0 Å². The van der Waals surface area contributed by atoms with Crippen molar-refractivity contribution < 1.29 is 27.1 Å². The third-order valence-corrected chi connectivity index (χ3v) is 4.22. The maximum Gasteiger partial charge on any atom is 0.433 e. The number of pyridine rings is 1. The molecule has 2 aromatic heterocycles. The van der Waals surface area contributed by atoms with Gasteiger partial charge in [0.15, 0.2) is 0 Å². The molecule has 3 rings (SSSR count). The second-order valence-corrected chi connectivity index (χ2v) is 6.01. The van der Waals surface area contributed by atoms with Crippen molar-refractivity contribution in [2.24, 2.45) is 0 Å². The Morgan fingerprint density at radius 1 is 1.12 bits per heavy atom. The Hall–Kier alpha value is -2.81. The minimum Gasteiger partial charge on any atom is -0.456 e. The van der Waals surface area contributed by atoms with Crippen LogP contribution < -0.4 is 0 Å². The molecular formula is C17H10F4N2O2S. The Bertz CT molecular complexity index is 906. The summed E-state index contributed by atoms with van der Waals surface area (Å²) in [5, 5.41) is 2.31. The summed E-state index contributed by atoms with van der Waals surface area (Å²) < 4.78 is 55.3. The van der Waals surface area contributed by atoms with Crippen molar-refractivity contribution >= 4 is 17.3 Å². The molecule has 0 aliphatic rings. The number of esters is 1. The van der Waals surface area contributed by atoms with E-state index in [4.69, 9.17) is 4.74 Å². The van der Waals surface area contributed by atoms with Crippen LogP contribution in [0, 0.1) is 5.82 Å². The molecule has 3 aromatic rings. The topological polar surface area (TPSA) is 52.1 Å². The first-order valence-corrected chi connectivity index (χ1v) is 8.11. The van der Waals surface area contributed by atoms with E-state index in [2.05, 4.69) is 9.97 Å². The summed E-state index contributed by atoms with van der Waals surface area (Å²) in [5.41, 5.74) is 0.0212. The van der Waals surface area contributed by atoms with Crippen molar-refractivity contribution in [1.29, 1.82) is 0 Å². The molecular weight excluding hydrogens is 372 g/mol. The van der Waals surface area contributed by atoms with Gasteiger partial charge < -0.3 is 4.74 Å². The van der Waals surface area contributed by atoms with Gasteiger partial charge in [-0.1, -0.05) is 0 Å². The first kappa shape index (κ1) is 18.0. The summed E-state index contributed by atoms with van der Waals surface area (Å²) in [6.45, 7) is -0.141. The Morgan fingerprint density at radius 2 is 1.85 bits per heavy atom. The minimum atomic E-state index is -4.57. The Morgan fingerprint density at radius 3 is 2.46 bits per heavy atom. The molecule has 0 bridgehead atoms. The Kier molecular flexibility index (Phi) is 4.99. The fourth-order valence-corrected chi connectivity index (χ4v) is 2.81. The lowest BCUT2D eigenvalue weighted by atomic mass is 10.2. The maximum absolute atomic E-state index is 12.9. The quantitative estimate of drug-likeness (QED) is 0.484. The number of carbonyl (C=O) groups is 1. The summed E-state index contributed by atoms with van der Waals surface area (Å²) in [6, 6.07) is 7.51. The molecule has 0 fully saturated rings. The molecule has 1 aromatic carbocycles. The van der Waals surface area contributed by atoms with Gasteiger partial charge in [-0.15, -0.1) is 11.3 Å². The summed E-state index contributed by atoms with van der Waals surface area (Å²) in [7, 11) is 0. The molecule has 0 aliphatic carbocycles. The van der Waals surface area contributed by atoms with Crippen LogP contribution in [0.4, 0.5) is 17.6 Å². The molecule has 0 saturated heterocycles. The van der Waals surface area contributed by atoms with Gasteiger partial charge in [-0.3, -0.25) is 4.98 Å². The van der Waals surface area contributed by atoms with Crippen LogP contribution in [-0.4, -0.2) is 15.9 Å². The fourth-order valence-electron chi connectivity index (χ4n) is 2.00. The van der Waals surface area contributed by atoms with Crippen LogP contribution in [0.25, 0.3) is 10.6 Å². The number of rotatable bonds is 4. The monoisotopic (exact) mass is 382 g/mol. The van der Waals surface area contributed by atoms with Gasteiger partial charge in [-0.25, -0.2) is 14.2 Å². The first-order valence-electron chi connectivity index (χ1n) is 7.23. The number of halogens is 4. The largest absolute Gasteiger partial charge is 0.456 e. The first-order chi connectivity index (χ1) is 12.3. The van der Waals surface area contributed by atoms with E-state index in [1.54, 1.807) is 17.5 Å². The molecule has 4 nitrogen and oxygen atoms in total. The van der Waals surface area contributed by atoms with E-state index < -0.39 is 17.8 Å². The number of benzene rings is 1. The number of thiazole rings is 1. The second kappa shape index (κ2) is 7.20. The standard InChI is InChI=1S/C17H10F4N2O2S/c18-12-4-1-10(2-5-12)15-23-13(9-26-15)8-25-16(24)11-3-6-14(22-7-11)17(19,20)21/h1-7,9H,8H2. The van der Waals surface area contributed by atoms with Gasteiger partial charge in [0.25, 0.3) is 0 Å². The molecule has 0 unspecified atom stereocenters. The molecule has 0 N–H and O–H groups in total. The highest BCUT2D eigenvalue weighted by Crippen LogP contribution is 2.27. The highest BCUT2D eigenvalue weighted by Gasteiger charge is 2.32. The van der Waals surface area contributed by atoms with E-state index in [0.29, 0.717) is 16.8 Å². The predicted molar refractivity (Wildman–Crippen MR) is 85.9 cm³/mol. The van der Waals surface area contributed by atoms with Crippen LogP contribution >= 0.6 is 11.3 Å². The minimum absolute atomic E-state index is 0.0908. The zero-order chi connectivity index (χ0) is 18.7. The van der Waals surface area contributed by atoms with Gasteiger partial charge in [0.1, 0.15) is 23.1 Å². The number of hydrogen-bond donors (Lipinski definition) is 0. The molecule has 0 radical (unpaired) electrons. The van der Waals surface area contributed by atoms with Crippen molar-refractivity contribution in [3.8, 4) is 10.6 Å². The third kappa shape index (κ3) is 4.23. The number of aromatic nitrogens is 2. The number of nitrogens with zero attached hydrogens (tertiary/aromatic N) is 2. The summed E-state index contributed by atoms with van der Waals surface area (Å²) in [6.07, 6.45) is -3.75. The van der Waals surface area contributed by atoms with E-state index in [9.17, 15) is 22.4 Å². The smallest absolute Gasteiger partial charge is 0.433 e. The van der Waals surface area contributed by atoms with Crippen molar-refractivity contribution in [2.45, 2.75) is 12.8 Å². The SMILES string of the molecule is O=C(OCc1csc(-c2ccc(F)cc2)n1)c1ccc(C(F)(F)F)nc1. The summed E-state index contributed by atoms with van der Waals surface area (Å²) in [4.78, 5) is 19.4. The molecule has 134 valence electrons. The highest BCUT2D eigenvalue weighted by atomic mass is 32.1. The predicted octanol–water partition coefficient (Wildman–Crippen LogP) is 4.72. The van der Waals surface area contributed by atoms with E-state index in [1.165, 1.54) is 23.5 Å². The van der Waals surface area contributed by atoms with Gasteiger partial charge in [0.05, 0.1) is 11.3 Å². The lowest BCUT2D eigenvalue weighted by molar-refractivity contribution is -0.141. The van der Waals surface area contributed by atoms with Crippen molar-refractivity contribution in [3.63, 3.8) is 0 Å². The lowest BCUT2D eigenvalue weighted by Crippen LogP contribution is -2.10. The van der Waals surface area contributed by atoms with Crippen molar-refractivity contribution in [3.05, 3.63) is 70.7 Å². The van der Waals surface area contributed by atoms with Crippen LogP contribution in [0.15, 0.2) is 48.0 Å². The van der Waals surface area contributed by atoms with E-state index >= 15 is 0 Å². The summed E-state index contributed by atoms with van der Waals surface area (Å²) in [5.74, 6) is -1.16. The van der Waals surface area contributed by atoms with Crippen LogP contribution in [0.3, 0.4) is 0 Å². The fraction of sp³-hybridized carbons (Fsp3) is 0.118. The zero-order valence-electron chi connectivity index (χ0n) is 13.0. The van der Waals surface area contributed by atoms with Crippen LogP contribution in [-0.2, 0) is 17.5 Å². The normalized spacial score (nSPS) is 11.4. The van der Waals surface area contributed by atoms with Crippen molar-refractivity contribution in [2.75, 3.05) is 0 Å². The molecule has 0 saturated carbocycles. The molecule has 0 aliphatic heterocycles. The molecule has 0 amide bonds. The van der Waals surface area contributed by atoms with Gasteiger partial charge in [0, 0.05) is 17.1 Å². The number of carbonyl (C=O) groups excluding carboxylic acids is 1. The van der Waals surface area contributed by atoms with Gasteiger partial charge in [-0.05, 0) is 36.4 Å². The zero-order valence-corrected chi connectivity index (χ0v) is 13.8. The second-order valence-electron chi connectivity index (χ2n) is 5.16. The molecule has 2 heterocycles. The number of hydrogen-bond acceptors (Lipinski definition) is 5. The lowest BCUT2D eigenvalue weighted by Gasteiger charge is -2.06. The number of alkyl halides is 3. The van der Waals surface area contributed by atoms with E-state index in [0.717, 1.165) is 17.8 Å². The summed E-state index contributed by atoms with van der Waals surface area (Å²) >= 11 is 1.30. The Balaban J connectivity index is 1.62. The van der Waals surface area contributed by atoms with Crippen molar-refractivity contribution in [1.82, 2.24) is 9.97 Å². The third-order valence-electron chi connectivity index (χ3n) is 3.28. The average molecular weight is 382 g/mol. The average Bonchev–Trinajstić information content (AvgIpc) is 3.08. The van der Waals surface area contributed by atoms with E-state index in [-0.39, 0.29) is 18.0 Å². The van der Waals surface area contributed by atoms with Gasteiger partial charge in [0.2, 0.25) is 0 Å². The maximum atomic E-state index is 12.9. The van der Waals surface area contributed by atoms with Gasteiger partial charge in [-0.2, -0.15) is 13.2 Å².